The first kappa shape index (κ1) is 17.0. The Labute approximate surface area is 146 Å². The number of aliphatic carboxylic acids is 1. The van der Waals surface area contributed by atoms with Gasteiger partial charge in [0.15, 0.2) is 0 Å². The molecule has 25 heavy (non-hydrogen) atoms. The van der Waals surface area contributed by atoms with E-state index in [9.17, 15) is 14.7 Å². The molecule has 1 fully saturated rings. The summed E-state index contributed by atoms with van der Waals surface area (Å²) in [6.45, 7) is 2.47. The number of benzene rings is 2. The Kier molecular flexibility index (Phi) is 4.74. The number of hydrogen-bond donors (Lipinski definition) is 1. The third-order valence-corrected chi connectivity index (χ3v) is 4.59. The van der Waals surface area contributed by atoms with E-state index in [0.29, 0.717) is 31.7 Å². The lowest BCUT2D eigenvalue weighted by Gasteiger charge is -2.36. The zero-order chi connectivity index (χ0) is 17.9. The number of rotatable bonds is 5. The molecule has 2 aromatic rings. The summed E-state index contributed by atoms with van der Waals surface area (Å²) in [5.74, 6) is 0.0605. The number of ether oxygens (including phenoxy) is 1. The van der Waals surface area contributed by atoms with Gasteiger partial charge in [0.1, 0.15) is 16.9 Å². The fraction of sp³-hybridized carbons (Fsp3) is 0.300. The fourth-order valence-electron chi connectivity index (χ4n) is 3.08. The summed E-state index contributed by atoms with van der Waals surface area (Å²) >= 11 is 0. The minimum atomic E-state index is -1.32. The number of hydrogen-bond acceptors (Lipinski definition) is 3. The molecule has 1 amide bonds. The number of carbonyl (C=O) groups is 2. The van der Waals surface area contributed by atoms with Crippen LogP contribution in [0.3, 0.4) is 0 Å². The van der Waals surface area contributed by atoms with E-state index in [4.69, 9.17) is 4.74 Å². The smallest absolute Gasteiger partial charge is 0.318 e. The largest absolute Gasteiger partial charge is 0.480 e. The lowest BCUT2D eigenvalue weighted by atomic mass is 9.81. The van der Waals surface area contributed by atoms with Crippen LogP contribution in [-0.2, 0) is 16.1 Å². The van der Waals surface area contributed by atoms with Crippen molar-refractivity contribution >= 4 is 11.9 Å². The summed E-state index contributed by atoms with van der Waals surface area (Å²) in [6.07, 6.45) is 1.07. The van der Waals surface area contributed by atoms with E-state index < -0.39 is 11.4 Å². The quantitative estimate of drug-likeness (QED) is 0.844. The number of carboxylic acids is 1. The third-order valence-electron chi connectivity index (χ3n) is 4.59. The summed E-state index contributed by atoms with van der Waals surface area (Å²) in [5.41, 5.74) is -0.410. The van der Waals surface area contributed by atoms with Crippen molar-refractivity contribution in [2.24, 2.45) is 5.41 Å². The van der Waals surface area contributed by atoms with Crippen molar-refractivity contribution in [1.29, 1.82) is 0 Å². The third kappa shape index (κ3) is 3.65. The van der Waals surface area contributed by atoms with E-state index in [1.165, 1.54) is 6.92 Å². The summed E-state index contributed by atoms with van der Waals surface area (Å²) in [7, 11) is 0. The normalized spacial score (nSPS) is 20.4. The maximum atomic E-state index is 12.6. The van der Waals surface area contributed by atoms with Crippen molar-refractivity contribution in [3.8, 4) is 11.5 Å². The van der Waals surface area contributed by atoms with Crippen LogP contribution in [0.2, 0.25) is 0 Å². The van der Waals surface area contributed by atoms with Crippen molar-refractivity contribution in [3.05, 3.63) is 60.2 Å². The zero-order valence-corrected chi connectivity index (χ0v) is 14.1. The average Bonchev–Trinajstić information content (AvgIpc) is 2.60. The van der Waals surface area contributed by atoms with E-state index in [2.05, 4.69) is 0 Å². The first-order valence-electron chi connectivity index (χ1n) is 8.34. The number of likely N-dealkylation sites (tertiary alicyclic amines) is 1. The van der Waals surface area contributed by atoms with Gasteiger partial charge in [0, 0.05) is 13.1 Å². The molecule has 0 bridgehead atoms. The van der Waals surface area contributed by atoms with Crippen LogP contribution in [0.5, 0.6) is 11.5 Å². The zero-order valence-electron chi connectivity index (χ0n) is 14.1. The lowest BCUT2D eigenvalue weighted by Crippen LogP contribution is -2.50. The van der Waals surface area contributed by atoms with E-state index in [1.54, 1.807) is 4.90 Å². The van der Waals surface area contributed by atoms with E-state index in [0.717, 1.165) is 11.3 Å². The minimum absolute atomic E-state index is 0.319. The number of piperidine rings is 1. The van der Waals surface area contributed by atoms with Gasteiger partial charge in [0.25, 0.3) is 0 Å². The Hall–Kier alpha value is -2.82. The second kappa shape index (κ2) is 6.97. The van der Waals surface area contributed by atoms with Crippen molar-refractivity contribution in [2.45, 2.75) is 26.3 Å². The summed E-state index contributed by atoms with van der Waals surface area (Å²) in [4.78, 5) is 25.7. The maximum Gasteiger partial charge on any atom is 0.318 e. The molecule has 1 heterocycles. The number of carboxylic acid groups (broad SMARTS) is 1. The van der Waals surface area contributed by atoms with Crippen LogP contribution < -0.4 is 4.74 Å². The predicted octanol–water partition coefficient (Wildman–Crippen LogP) is 3.69. The molecule has 5 nitrogen and oxygen atoms in total. The van der Waals surface area contributed by atoms with Gasteiger partial charge in [-0.15, -0.1) is 0 Å². The van der Waals surface area contributed by atoms with Gasteiger partial charge < -0.3 is 14.7 Å². The van der Waals surface area contributed by atoms with Gasteiger partial charge in [-0.2, -0.15) is 0 Å². The van der Waals surface area contributed by atoms with Gasteiger partial charge in [-0.1, -0.05) is 30.3 Å². The molecular weight excluding hydrogens is 318 g/mol. The molecule has 0 saturated carbocycles. The average molecular weight is 339 g/mol. The highest BCUT2D eigenvalue weighted by atomic mass is 16.5. The van der Waals surface area contributed by atoms with Crippen molar-refractivity contribution < 1.29 is 19.4 Å². The van der Waals surface area contributed by atoms with Gasteiger partial charge >= 0.3 is 5.97 Å². The fourth-order valence-corrected chi connectivity index (χ4v) is 3.08. The molecule has 0 spiro atoms. The van der Waals surface area contributed by atoms with Crippen LogP contribution in [-0.4, -0.2) is 28.4 Å². The van der Waals surface area contributed by atoms with Crippen LogP contribution in [0, 0.1) is 5.41 Å². The Morgan fingerprint density at radius 1 is 1.16 bits per heavy atom. The monoisotopic (exact) mass is 339 g/mol. The van der Waals surface area contributed by atoms with E-state index in [-0.39, 0.29) is 5.91 Å². The van der Waals surface area contributed by atoms with Crippen LogP contribution >= 0.6 is 0 Å². The molecule has 130 valence electrons. The van der Waals surface area contributed by atoms with E-state index >= 15 is 0 Å². The van der Waals surface area contributed by atoms with Gasteiger partial charge in [-0.05, 0) is 49.6 Å². The van der Waals surface area contributed by atoms with Crippen molar-refractivity contribution in [3.63, 3.8) is 0 Å². The maximum absolute atomic E-state index is 12.6. The summed E-state index contributed by atoms with van der Waals surface area (Å²) in [5, 5.41) is 9.39. The number of carbonyl (C=O) groups excluding carboxylic acids is 1. The highest BCUT2D eigenvalue weighted by Gasteiger charge is 2.46. The molecule has 5 heteroatoms. The van der Waals surface area contributed by atoms with Gasteiger partial charge in [0.05, 0.1) is 0 Å². The van der Waals surface area contributed by atoms with Crippen LogP contribution in [0.15, 0.2) is 54.6 Å². The second-order valence-electron chi connectivity index (χ2n) is 6.53. The van der Waals surface area contributed by atoms with Gasteiger partial charge in [0.2, 0.25) is 5.91 Å². The Morgan fingerprint density at radius 2 is 1.88 bits per heavy atom. The molecule has 1 aliphatic rings. The minimum Gasteiger partial charge on any atom is -0.480 e. The predicted molar refractivity (Wildman–Crippen MR) is 93.4 cm³/mol. The molecule has 3 rings (SSSR count). The summed E-state index contributed by atoms with van der Waals surface area (Å²) < 4.78 is 5.82. The summed E-state index contributed by atoms with van der Waals surface area (Å²) in [6, 6.07) is 17.0. The molecule has 2 aromatic carbocycles. The number of nitrogens with zero attached hydrogens (tertiary/aromatic N) is 1. The molecule has 1 N–H and O–H groups in total. The van der Waals surface area contributed by atoms with Crippen LogP contribution in [0.25, 0.3) is 0 Å². The molecule has 1 aliphatic heterocycles. The van der Waals surface area contributed by atoms with Crippen LogP contribution in [0.4, 0.5) is 0 Å². The number of para-hydroxylation sites is 1. The number of amides is 1. The molecule has 0 aliphatic carbocycles. The second-order valence-corrected chi connectivity index (χ2v) is 6.53. The van der Waals surface area contributed by atoms with Crippen molar-refractivity contribution in [2.75, 3.05) is 6.54 Å². The molecule has 1 atom stereocenters. The molecular formula is C20H21NO4. The lowest BCUT2D eigenvalue weighted by molar-refractivity contribution is -0.163. The molecule has 0 aromatic heterocycles. The van der Waals surface area contributed by atoms with Gasteiger partial charge in [-0.3, -0.25) is 9.59 Å². The molecule has 0 unspecified atom stereocenters. The molecule has 0 radical (unpaired) electrons. The standard InChI is InChI=1S/C20H21NO4/c1-20(19(23)24)11-6-12-21(18(20)22)14-15-7-5-10-17(13-15)25-16-8-3-2-4-9-16/h2-5,7-10,13H,6,11-12,14H2,1H3,(H,23,24)/t20-/m1/s1. The topological polar surface area (TPSA) is 66.8 Å². The SMILES string of the molecule is C[C@@]1(C(=O)O)CCCN(Cc2cccc(Oc3ccccc3)c2)C1=O. The van der Waals surface area contributed by atoms with Gasteiger partial charge in [-0.25, -0.2) is 0 Å². The first-order chi connectivity index (χ1) is 12.0. The first-order valence-corrected chi connectivity index (χ1v) is 8.34. The molecule has 1 saturated heterocycles. The Morgan fingerprint density at radius 3 is 2.60 bits per heavy atom. The highest BCUT2D eigenvalue weighted by molar-refractivity contribution is 6.01. The van der Waals surface area contributed by atoms with Crippen LogP contribution in [0.1, 0.15) is 25.3 Å². The van der Waals surface area contributed by atoms with E-state index in [1.807, 2.05) is 54.6 Å². The Balaban J connectivity index is 1.74. The van der Waals surface area contributed by atoms with Crippen molar-refractivity contribution in [1.82, 2.24) is 4.90 Å². The Bertz CT molecular complexity index is 774. The highest BCUT2D eigenvalue weighted by Crippen LogP contribution is 2.32.